The van der Waals surface area contributed by atoms with E-state index in [2.05, 4.69) is 18.9 Å². The van der Waals surface area contributed by atoms with E-state index >= 15 is 0 Å². The van der Waals surface area contributed by atoms with Gasteiger partial charge < -0.3 is 9.69 Å². The maximum atomic E-state index is 10.3. The first-order valence-corrected chi connectivity index (χ1v) is 3.39. The van der Waals surface area contributed by atoms with Crippen molar-refractivity contribution in [2.24, 2.45) is 5.92 Å². The Balaban J connectivity index is 2.43. The van der Waals surface area contributed by atoms with Crippen molar-refractivity contribution < 1.29 is 4.79 Å². The normalized spacial score (nSPS) is 37.1. The Morgan fingerprint density at radius 3 is 2.56 bits per heavy atom. The third kappa shape index (κ3) is 1.30. The minimum Gasteiger partial charge on any atom is -0.303 e. The van der Waals surface area contributed by atoms with E-state index in [4.69, 9.17) is 0 Å². The molecule has 0 bridgehead atoms. The molecule has 2 heteroatoms. The molecule has 1 aliphatic heterocycles. The van der Waals surface area contributed by atoms with Crippen LogP contribution in [0.5, 0.6) is 0 Å². The standard InChI is InChI=1S/C7H13NO/c1-6-3-7(5-9)4-8(6)2/h5-7H,3-4H2,1-2H3. The van der Waals surface area contributed by atoms with Crippen LogP contribution in [0.2, 0.25) is 0 Å². The fourth-order valence-electron chi connectivity index (χ4n) is 1.34. The average molecular weight is 127 g/mol. The molecule has 1 rings (SSSR count). The van der Waals surface area contributed by atoms with E-state index in [-0.39, 0.29) is 0 Å². The van der Waals surface area contributed by atoms with Crippen molar-refractivity contribution in [3.05, 3.63) is 0 Å². The number of likely N-dealkylation sites (tertiary alicyclic amines) is 1. The molecule has 0 aromatic carbocycles. The van der Waals surface area contributed by atoms with Gasteiger partial charge in [0, 0.05) is 18.5 Å². The molecule has 0 aromatic heterocycles. The van der Waals surface area contributed by atoms with E-state index in [9.17, 15) is 4.79 Å². The molecule has 1 aliphatic rings. The van der Waals surface area contributed by atoms with Crippen LogP contribution in [0, 0.1) is 5.92 Å². The summed E-state index contributed by atoms with van der Waals surface area (Å²) in [5.41, 5.74) is 0. The summed E-state index contributed by atoms with van der Waals surface area (Å²) in [6, 6.07) is 0.597. The summed E-state index contributed by atoms with van der Waals surface area (Å²) in [6.45, 7) is 3.11. The summed E-state index contributed by atoms with van der Waals surface area (Å²) in [7, 11) is 2.06. The molecule has 0 aromatic rings. The maximum Gasteiger partial charge on any atom is 0.124 e. The number of hydrogen-bond donors (Lipinski definition) is 0. The number of rotatable bonds is 1. The van der Waals surface area contributed by atoms with Gasteiger partial charge in [-0.1, -0.05) is 0 Å². The van der Waals surface area contributed by atoms with Gasteiger partial charge in [-0.15, -0.1) is 0 Å². The Kier molecular flexibility index (Phi) is 1.86. The van der Waals surface area contributed by atoms with E-state index < -0.39 is 0 Å². The lowest BCUT2D eigenvalue weighted by Gasteiger charge is -2.12. The zero-order valence-corrected chi connectivity index (χ0v) is 6.00. The number of aldehydes is 1. The van der Waals surface area contributed by atoms with Gasteiger partial charge in [-0.25, -0.2) is 0 Å². The van der Waals surface area contributed by atoms with Gasteiger partial charge in [0.25, 0.3) is 0 Å². The van der Waals surface area contributed by atoms with E-state index in [0.717, 1.165) is 19.3 Å². The fourth-order valence-corrected chi connectivity index (χ4v) is 1.34. The Labute approximate surface area is 55.8 Å². The number of carbonyl (C=O) groups is 1. The van der Waals surface area contributed by atoms with Gasteiger partial charge in [-0.2, -0.15) is 0 Å². The van der Waals surface area contributed by atoms with Crippen molar-refractivity contribution in [1.82, 2.24) is 4.90 Å². The summed E-state index contributed by atoms with van der Waals surface area (Å²) in [5.74, 6) is 0.296. The Bertz CT molecular complexity index is 103. The van der Waals surface area contributed by atoms with Crippen LogP contribution >= 0.6 is 0 Å². The first-order valence-electron chi connectivity index (χ1n) is 3.39. The van der Waals surface area contributed by atoms with Crippen molar-refractivity contribution in [3.63, 3.8) is 0 Å². The Morgan fingerprint density at radius 2 is 2.33 bits per heavy atom. The van der Waals surface area contributed by atoms with Crippen molar-refractivity contribution in [2.75, 3.05) is 13.6 Å². The highest BCUT2D eigenvalue weighted by molar-refractivity contribution is 5.54. The topological polar surface area (TPSA) is 20.3 Å². The average Bonchev–Trinajstić information content (AvgIpc) is 2.13. The zero-order valence-electron chi connectivity index (χ0n) is 6.00. The molecule has 0 N–H and O–H groups in total. The quantitative estimate of drug-likeness (QED) is 0.479. The smallest absolute Gasteiger partial charge is 0.124 e. The van der Waals surface area contributed by atoms with Crippen LogP contribution in [-0.2, 0) is 4.79 Å². The third-order valence-electron chi connectivity index (χ3n) is 2.11. The van der Waals surface area contributed by atoms with Crippen LogP contribution in [0.15, 0.2) is 0 Å². The van der Waals surface area contributed by atoms with Crippen molar-refractivity contribution in [3.8, 4) is 0 Å². The predicted molar refractivity (Wildman–Crippen MR) is 36.3 cm³/mol. The lowest BCUT2D eigenvalue weighted by Crippen LogP contribution is -2.21. The molecule has 0 amide bonds. The molecule has 1 fully saturated rings. The summed E-state index contributed by atoms with van der Waals surface area (Å²) in [6.07, 6.45) is 2.11. The zero-order chi connectivity index (χ0) is 6.85. The molecule has 52 valence electrons. The second-order valence-electron chi connectivity index (χ2n) is 2.92. The van der Waals surface area contributed by atoms with E-state index in [1.807, 2.05) is 0 Å². The van der Waals surface area contributed by atoms with Crippen molar-refractivity contribution in [1.29, 1.82) is 0 Å². The second-order valence-corrected chi connectivity index (χ2v) is 2.92. The van der Waals surface area contributed by atoms with E-state index in [0.29, 0.717) is 12.0 Å². The molecule has 2 atom stereocenters. The van der Waals surface area contributed by atoms with E-state index in [1.54, 1.807) is 0 Å². The Morgan fingerprint density at radius 1 is 1.67 bits per heavy atom. The van der Waals surface area contributed by atoms with Crippen LogP contribution in [-0.4, -0.2) is 30.8 Å². The molecule has 2 nitrogen and oxygen atoms in total. The molecule has 0 spiro atoms. The highest BCUT2D eigenvalue weighted by Gasteiger charge is 2.24. The van der Waals surface area contributed by atoms with Gasteiger partial charge in [-0.3, -0.25) is 0 Å². The minimum atomic E-state index is 0.296. The van der Waals surface area contributed by atoms with Gasteiger partial charge >= 0.3 is 0 Å². The summed E-state index contributed by atoms with van der Waals surface area (Å²) in [5, 5.41) is 0. The van der Waals surface area contributed by atoms with Gasteiger partial charge in [0.2, 0.25) is 0 Å². The van der Waals surface area contributed by atoms with Crippen LogP contribution < -0.4 is 0 Å². The molecule has 2 unspecified atom stereocenters. The molecule has 0 aliphatic carbocycles. The van der Waals surface area contributed by atoms with Gasteiger partial charge in [0.05, 0.1) is 0 Å². The monoisotopic (exact) mass is 127 g/mol. The van der Waals surface area contributed by atoms with Crippen LogP contribution in [0.4, 0.5) is 0 Å². The SMILES string of the molecule is CC1CC(C=O)CN1C. The van der Waals surface area contributed by atoms with Crippen LogP contribution in [0.25, 0.3) is 0 Å². The first kappa shape index (κ1) is 6.75. The largest absolute Gasteiger partial charge is 0.303 e. The van der Waals surface area contributed by atoms with Crippen molar-refractivity contribution >= 4 is 6.29 Å². The highest BCUT2D eigenvalue weighted by atomic mass is 16.1. The summed E-state index contributed by atoms with van der Waals surface area (Å²) >= 11 is 0. The molecule has 1 heterocycles. The lowest BCUT2D eigenvalue weighted by atomic mass is 10.1. The molecule has 0 radical (unpaired) electrons. The van der Waals surface area contributed by atoms with Gasteiger partial charge in [-0.05, 0) is 20.4 Å². The van der Waals surface area contributed by atoms with Crippen molar-refractivity contribution in [2.45, 2.75) is 19.4 Å². The maximum absolute atomic E-state index is 10.3. The van der Waals surface area contributed by atoms with Gasteiger partial charge in [0.1, 0.15) is 6.29 Å². The van der Waals surface area contributed by atoms with Crippen LogP contribution in [0.3, 0.4) is 0 Å². The minimum absolute atomic E-state index is 0.296. The third-order valence-corrected chi connectivity index (χ3v) is 2.11. The highest BCUT2D eigenvalue weighted by Crippen LogP contribution is 2.18. The number of carbonyl (C=O) groups excluding carboxylic acids is 1. The molecule has 1 saturated heterocycles. The summed E-state index contributed by atoms with van der Waals surface area (Å²) < 4.78 is 0. The summed E-state index contributed by atoms with van der Waals surface area (Å²) in [4.78, 5) is 12.5. The van der Waals surface area contributed by atoms with Gasteiger partial charge in [0.15, 0.2) is 0 Å². The molecular formula is C7H13NO. The van der Waals surface area contributed by atoms with Crippen LogP contribution in [0.1, 0.15) is 13.3 Å². The lowest BCUT2D eigenvalue weighted by molar-refractivity contribution is -0.110. The molecule has 9 heavy (non-hydrogen) atoms. The predicted octanol–water partition coefficient (Wildman–Crippen LogP) is 0.526. The molecule has 0 saturated carbocycles. The Hall–Kier alpha value is -0.370. The molecular weight excluding hydrogens is 114 g/mol. The first-order chi connectivity index (χ1) is 4.24. The number of hydrogen-bond acceptors (Lipinski definition) is 2. The van der Waals surface area contributed by atoms with E-state index in [1.165, 1.54) is 0 Å². The second kappa shape index (κ2) is 2.48. The number of nitrogens with zero attached hydrogens (tertiary/aromatic N) is 1. The fraction of sp³-hybridized carbons (Fsp3) is 0.857.